The van der Waals surface area contributed by atoms with Crippen LogP contribution in [0.3, 0.4) is 0 Å². The van der Waals surface area contributed by atoms with E-state index in [4.69, 9.17) is 0 Å². The van der Waals surface area contributed by atoms with Gasteiger partial charge >= 0.3 is 12.1 Å². The highest BCUT2D eigenvalue weighted by Gasteiger charge is 2.10. The maximum atomic E-state index is 11.1. The monoisotopic (exact) mass is 266 g/mol. The van der Waals surface area contributed by atoms with Crippen LogP contribution in [0.25, 0.3) is 0 Å². The number of esters is 1. The lowest BCUT2D eigenvalue weighted by atomic mass is 10.5. The van der Waals surface area contributed by atoms with E-state index in [1.807, 2.05) is 0 Å². The topological polar surface area (TPSA) is 76.7 Å². The van der Waals surface area contributed by atoms with Crippen LogP contribution in [0.1, 0.15) is 6.92 Å². The van der Waals surface area contributed by atoms with Crippen molar-refractivity contribution in [2.24, 2.45) is 0 Å². The molecule has 0 bridgehead atoms. The van der Waals surface area contributed by atoms with Crippen molar-refractivity contribution in [1.82, 2.24) is 10.9 Å². The van der Waals surface area contributed by atoms with Crippen LogP contribution in [0.4, 0.5) is 4.79 Å². The van der Waals surface area contributed by atoms with E-state index in [1.165, 1.54) is 12.1 Å². The van der Waals surface area contributed by atoms with Crippen molar-refractivity contribution < 1.29 is 19.1 Å². The van der Waals surface area contributed by atoms with Gasteiger partial charge in [0.25, 0.3) is 0 Å². The molecule has 1 amide bonds. The number of halogens is 1. The second-order valence-corrected chi connectivity index (χ2v) is 2.44. The molecule has 0 aliphatic rings. The summed E-state index contributed by atoms with van der Waals surface area (Å²) in [6.45, 7) is 1.93. The lowest BCUT2D eigenvalue weighted by molar-refractivity contribution is -0.139. The first-order valence-corrected chi connectivity index (χ1v) is 4.64. The van der Waals surface area contributed by atoms with Crippen LogP contribution in [0, 0.1) is 0 Å². The number of hydrogen-bond acceptors (Lipinski definition) is 5. The Morgan fingerprint density at radius 3 is 2.50 bits per heavy atom. The van der Waals surface area contributed by atoms with Crippen LogP contribution < -0.4 is 10.9 Å². The van der Waals surface area contributed by atoms with Gasteiger partial charge in [0.15, 0.2) is 0 Å². The summed E-state index contributed by atoms with van der Waals surface area (Å²) >= 11 is 2.94. The van der Waals surface area contributed by atoms with Crippen molar-refractivity contribution in [3.05, 3.63) is 10.7 Å². The predicted octanol–water partition coefficient (Wildman–Crippen LogP) is 0.646. The smallest absolute Gasteiger partial charge is 0.425 e. The van der Waals surface area contributed by atoms with E-state index in [-0.39, 0.29) is 12.3 Å². The van der Waals surface area contributed by atoms with Crippen LogP contribution in [0.5, 0.6) is 0 Å². The predicted molar refractivity (Wildman–Crippen MR) is 52.3 cm³/mol. The summed E-state index contributed by atoms with van der Waals surface area (Å²) in [7, 11) is 1.21. The van der Waals surface area contributed by atoms with Crippen molar-refractivity contribution in [1.29, 1.82) is 0 Å². The molecule has 2 N–H and O–H groups in total. The van der Waals surface area contributed by atoms with Gasteiger partial charge in [-0.25, -0.2) is 15.0 Å². The van der Waals surface area contributed by atoms with Crippen LogP contribution in [-0.2, 0) is 14.3 Å². The third-order valence-corrected chi connectivity index (χ3v) is 1.55. The van der Waals surface area contributed by atoms with Gasteiger partial charge in [0.1, 0.15) is 5.70 Å². The van der Waals surface area contributed by atoms with Crippen LogP contribution in [0.15, 0.2) is 10.7 Å². The Bertz CT molecular complexity index is 242. The molecule has 0 radical (unpaired) electrons. The number of carbonyl (C=O) groups excluding carboxylic acids is 2. The highest BCUT2D eigenvalue weighted by molar-refractivity contribution is 9.11. The van der Waals surface area contributed by atoms with Crippen molar-refractivity contribution in [3.8, 4) is 0 Å². The van der Waals surface area contributed by atoms with Crippen molar-refractivity contribution in [2.45, 2.75) is 6.92 Å². The standard InChI is InChI=1S/C7H11BrN2O4/c1-3-14-6(11)5(4-8)9-10-7(12)13-2/h4,9H,3H2,1-2H3,(H,10,12)/b5-4+. The summed E-state index contributed by atoms with van der Waals surface area (Å²) in [4.78, 5) is 23.0. The zero-order chi connectivity index (χ0) is 11.0. The zero-order valence-electron chi connectivity index (χ0n) is 7.80. The van der Waals surface area contributed by atoms with Gasteiger partial charge in [-0.3, -0.25) is 5.43 Å². The van der Waals surface area contributed by atoms with Gasteiger partial charge in [0.2, 0.25) is 0 Å². The van der Waals surface area contributed by atoms with Crippen molar-refractivity contribution in [3.63, 3.8) is 0 Å². The molecule has 0 aromatic heterocycles. The zero-order valence-corrected chi connectivity index (χ0v) is 9.38. The Morgan fingerprint density at radius 2 is 2.07 bits per heavy atom. The Hall–Kier alpha value is -1.24. The summed E-state index contributed by atoms with van der Waals surface area (Å²) < 4.78 is 8.95. The largest absolute Gasteiger partial charge is 0.461 e. The van der Waals surface area contributed by atoms with E-state index >= 15 is 0 Å². The molecule has 0 fully saturated rings. The highest BCUT2D eigenvalue weighted by atomic mass is 79.9. The highest BCUT2D eigenvalue weighted by Crippen LogP contribution is 1.96. The Morgan fingerprint density at radius 1 is 1.43 bits per heavy atom. The second-order valence-electron chi connectivity index (χ2n) is 1.98. The molecule has 0 saturated carbocycles. The maximum Gasteiger partial charge on any atom is 0.425 e. The lowest BCUT2D eigenvalue weighted by Gasteiger charge is -2.09. The average molecular weight is 267 g/mol. The molecule has 0 unspecified atom stereocenters. The molecule has 0 aliphatic heterocycles. The van der Waals surface area contributed by atoms with Gasteiger partial charge in [-0.05, 0) is 6.92 Å². The molecule has 0 atom stereocenters. The molecular formula is C7H11BrN2O4. The molecule has 7 heteroatoms. The normalized spacial score (nSPS) is 10.4. The quantitative estimate of drug-likeness (QED) is 0.444. The minimum atomic E-state index is -0.707. The minimum absolute atomic E-state index is 0.0669. The van der Waals surface area contributed by atoms with Crippen LogP contribution >= 0.6 is 15.9 Å². The number of carbonyl (C=O) groups is 2. The van der Waals surface area contributed by atoms with Gasteiger partial charge in [0, 0.05) is 4.99 Å². The maximum absolute atomic E-state index is 11.1. The fraction of sp³-hybridized carbons (Fsp3) is 0.429. The number of rotatable bonds is 4. The van der Waals surface area contributed by atoms with Crippen molar-refractivity contribution >= 4 is 28.0 Å². The summed E-state index contributed by atoms with van der Waals surface area (Å²) in [6, 6.07) is 0. The molecule has 0 aromatic rings. The molecule has 14 heavy (non-hydrogen) atoms. The van der Waals surface area contributed by atoms with Crippen LogP contribution in [-0.4, -0.2) is 25.8 Å². The van der Waals surface area contributed by atoms with Gasteiger partial charge in [-0.1, -0.05) is 15.9 Å². The number of amides is 1. The summed E-state index contributed by atoms with van der Waals surface area (Å²) in [5.41, 5.74) is 4.50. The Kier molecular flexibility index (Phi) is 6.55. The number of ether oxygens (including phenoxy) is 2. The molecule has 0 heterocycles. The molecule has 80 valence electrons. The first-order valence-electron chi connectivity index (χ1n) is 3.73. The molecule has 0 saturated heterocycles. The van der Waals surface area contributed by atoms with Gasteiger partial charge in [-0.2, -0.15) is 0 Å². The molecular weight excluding hydrogens is 256 g/mol. The molecule has 0 rings (SSSR count). The van der Waals surface area contributed by atoms with Gasteiger partial charge in [-0.15, -0.1) is 0 Å². The van der Waals surface area contributed by atoms with Crippen LogP contribution in [0.2, 0.25) is 0 Å². The Balaban J connectivity index is 4.05. The summed E-state index contributed by atoms with van der Waals surface area (Å²) in [5.74, 6) is -0.583. The van der Waals surface area contributed by atoms with Gasteiger partial charge < -0.3 is 9.47 Å². The van der Waals surface area contributed by atoms with E-state index < -0.39 is 12.1 Å². The number of hydrazine groups is 1. The Labute approximate surface area is 89.7 Å². The molecule has 0 spiro atoms. The minimum Gasteiger partial charge on any atom is -0.461 e. The third-order valence-electron chi connectivity index (χ3n) is 1.09. The van der Waals surface area contributed by atoms with E-state index in [0.717, 1.165) is 0 Å². The van der Waals surface area contributed by atoms with E-state index in [1.54, 1.807) is 6.92 Å². The fourth-order valence-electron chi connectivity index (χ4n) is 0.501. The third kappa shape index (κ3) is 4.70. The average Bonchev–Trinajstić information content (AvgIpc) is 2.18. The first kappa shape index (κ1) is 12.8. The number of nitrogens with one attached hydrogen (secondary N) is 2. The van der Waals surface area contributed by atoms with Gasteiger partial charge in [0.05, 0.1) is 13.7 Å². The van der Waals surface area contributed by atoms with E-state index in [2.05, 4.69) is 36.3 Å². The number of methoxy groups -OCH3 is 1. The second kappa shape index (κ2) is 7.19. The first-order chi connectivity index (χ1) is 6.65. The van der Waals surface area contributed by atoms with Crippen molar-refractivity contribution in [2.75, 3.05) is 13.7 Å². The van der Waals surface area contributed by atoms with E-state index in [9.17, 15) is 9.59 Å². The molecule has 0 aliphatic carbocycles. The molecule has 6 nitrogen and oxygen atoms in total. The van der Waals surface area contributed by atoms with E-state index in [0.29, 0.717) is 0 Å². The molecule has 0 aromatic carbocycles. The summed E-state index contributed by atoms with van der Waals surface area (Å²) in [6.07, 6.45) is -0.707. The fourth-order valence-corrected chi connectivity index (χ4v) is 0.802. The summed E-state index contributed by atoms with van der Waals surface area (Å²) in [5, 5.41) is 0. The number of hydrogen-bond donors (Lipinski definition) is 2. The lowest BCUT2D eigenvalue weighted by Crippen LogP contribution is -2.39. The SMILES string of the molecule is CCOC(=O)/C(=C\Br)NNC(=O)OC.